The van der Waals surface area contributed by atoms with Gasteiger partial charge in [-0.15, -0.1) is 0 Å². The highest BCUT2D eigenvalue weighted by atomic mass is 16.5. The van der Waals surface area contributed by atoms with E-state index in [2.05, 4.69) is 35.3 Å². The fourth-order valence-electron chi connectivity index (χ4n) is 2.55. The molecule has 2 atom stereocenters. The zero-order valence-corrected chi connectivity index (χ0v) is 12.1. The fourth-order valence-corrected chi connectivity index (χ4v) is 2.55. The van der Waals surface area contributed by atoms with Crippen molar-refractivity contribution in [1.82, 2.24) is 10.2 Å². The van der Waals surface area contributed by atoms with Gasteiger partial charge in [0.05, 0.1) is 25.2 Å². The Morgan fingerprint density at radius 3 is 2.95 bits per heavy atom. The molecule has 2 rings (SSSR count). The number of likely N-dealkylation sites (N-methyl/N-ethyl adjacent to an activating group) is 1. The van der Waals surface area contributed by atoms with Gasteiger partial charge in [-0.1, -0.05) is 37.3 Å². The number of hydrogen-bond acceptors (Lipinski definition) is 4. The molecule has 0 bridgehead atoms. The molecule has 2 unspecified atom stereocenters. The summed E-state index contributed by atoms with van der Waals surface area (Å²) in [4.78, 5) is 2.40. The molecule has 0 saturated carbocycles. The van der Waals surface area contributed by atoms with Gasteiger partial charge >= 0.3 is 0 Å². The van der Waals surface area contributed by atoms with Crippen LogP contribution in [0.2, 0.25) is 0 Å². The lowest BCUT2D eigenvalue weighted by molar-refractivity contribution is -0.0263. The van der Waals surface area contributed by atoms with Gasteiger partial charge < -0.3 is 10.1 Å². The Balaban J connectivity index is 1.88. The maximum Gasteiger partial charge on any atom is 0.0826 e. The van der Waals surface area contributed by atoms with E-state index >= 15 is 0 Å². The van der Waals surface area contributed by atoms with Gasteiger partial charge in [0.15, 0.2) is 0 Å². The van der Waals surface area contributed by atoms with Crippen LogP contribution in [0.25, 0.3) is 0 Å². The third-order valence-corrected chi connectivity index (χ3v) is 3.76. The second kappa shape index (κ2) is 8.01. The second-order valence-electron chi connectivity index (χ2n) is 5.12. The first-order chi connectivity index (χ1) is 9.83. The summed E-state index contributed by atoms with van der Waals surface area (Å²) in [5.41, 5.74) is 1.16. The highest BCUT2D eigenvalue weighted by Crippen LogP contribution is 2.16. The van der Waals surface area contributed by atoms with Crippen LogP contribution in [0.5, 0.6) is 0 Å². The van der Waals surface area contributed by atoms with Crippen LogP contribution in [0.1, 0.15) is 24.9 Å². The Morgan fingerprint density at radius 2 is 2.25 bits per heavy atom. The summed E-state index contributed by atoms with van der Waals surface area (Å²) < 4.78 is 5.79. The quantitative estimate of drug-likeness (QED) is 0.860. The van der Waals surface area contributed by atoms with Gasteiger partial charge in [-0.05, 0) is 12.1 Å². The molecule has 1 N–H and O–H groups in total. The summed E-state index contributed by atoms with van der Waals surface area (Å²) in [5.74, 6) is 0. The van der Waals surface area contributed by atoms with Gasteiger partial charge in [-0.2, -0.15) is 5.26 Å². The Labute approximate surface area is 121 Å². The largest absolute Gasteiger partial charge is 0.374 e. The van der Waals surface area contributed by atoms with Gasteiger partial charge in [0.2, 0.25) is 0 Å². The van der Waals surface area contributed by atoms with Crippen LogP contribution in [0.15, 0.2) is 30.3 Å². The molecule has 0 amide bonds. The average molecular weight is 273 g/mol. The molecular weight excluding hydrogens is 250 g/mol. The molecule has 20 heavy (non-hydrogen) atoms. The molecule has 0 aliphatic carbocycles. The number of nitriles is 1. The lowest BCUT2D eigenvalue weighted by Gasteiger charge is -2.33. The van der Waals surface area contributed by atoms with Crippen LogP contribution in [0.3, 0.4) is 0 Å². The molecule has 4 heteroatoms. The lowest BCUT2D eigenvalue weighted by atomic mass is 10.0. The number of benzene rings is 1. The topological polar surface area (TPSA) is 48.3 Å². The Bertz CT molecular complexity index is 429. The number of ether oxygens (including phenoxy) is 1. The molecule has 0 spiro atoms. The minimum absolute atomic E-state index is 0.0850. The monoisotopic (exact) mass is 273 g/mol. The molecule has 1 saturated heterocycles. The first-order valence-electron chi connectivity index (χ1n) is 7.32. The van der Waals surface area contributed by atoms with Crippen molar-refractivity contribution in [3.05, 3.63) is 35.9 Å². The van der Waals surface area contributed by atoms with Crippen LogP contribution in [-0.4, -0.2) is 43.8 Å². The van der Waals surface area contributed by atoms with Crippen molar-refractivity contribution in [3.63, 3.8) is 0 Å². The third-order valence-electron chi connectivity index (χ3n) is 3.76. The highest BCUT2D eigenvalue weighted by Gasteiger charge is 2.20. The maximum absolute atomic E-state index is 8.99. The van der Waals surface area contributed by atoms with E-state index in [0.29, 0.717) is 6.42 Å². The van der Waals surface area contributed by atoms with Crippen LogP contribution >= 0.6 is 0 Å². The Hall–Kier alpha value is -1.41. The van der Waals surface area contributed by atoms with Crippen molar-refractivity contribution in [2.24, 2.45) is 0 Å². The van der Waals surface area contributed by atoms with Gasteiger partial charge in [-0.25, -0.2) is 0 Å². The van der Waals surface area contributed by atoms with Crippen molar-refractivity contribution in [1.29, 1.82) is 5.26 Å². The van der Waals surface area contributed by atoms with E-state index in [1.165, 1.54) is 0 Å². The van der Waals surface area contributed by atoms with Gasteiger partial charge in [0, 0.05) is 25.7 Å². The van der Waals surface area contributed by atoms with E-state index in [9.17, 15) is 0 Å². The van der Waals surface area contributed by atoms with Gasteiger partial charge in [-0.3, -0.25) is 4.90 Å². The smallest absolute Gasteiger partial charge is 0.0826 e. The standard InChI is InChI=1S/C16H23N3O/c1-2-19-10-11-20-15(13-19)12-18-16(8-9-17)14-6-4-3-5-7-14/h3-7,15-16,18H,2,8,10-13H2,1H3. The number of morpholine rings is 1. The summed E-state index contributed by atoms with van der Waals surface area (Å²) in [6.45, 7) is 6.83. The zero-order valence-electron chi connectivity index (χ0n) is 12.1. The first-order valence-corrected chi connectivity index (χ1v) is 7.32. The van der Waals surface area contributed by atoms with Crippen molar-refractivity contribution in [2.45, 2.75) is 25.5 Å². The average Bonchev–Trinajstić information content (AvgIpc) is 2.52. The summed E-state index contributed by atoms with van der Waals surface area (Å²) in [5, 5.41) is 12.5. The first kappa shape index (κ1) is 15.0. The summed E-state index contributed by atoms with van der Waals surface area (Å²) in [6.07, 6.45) is 0.697. The normalized spacial score (nSPS) is 21.3. The summed E-state index contributed by atoms with van der Waals surface area (Å²) >= 11 is 0. The van der Waals surface area contributed by atoms with Crippen molar-refractivity contribution >= 4 is 0 Å². The lowest BCUT2D eigenvalue weighted by Crippen LogP contribution is -2.46. The fraction of sp³-hybridized carbons (Fsp3) is 0.562. The van der Waals surface area contributed by atoms with E-state index in [1.807, 2.05) is 18.2 Å². The molecule has 1 aliphatic heterocycles. The number of nitrogens with one attached hydrogen (secondary N) is 1. The molecule has 0 aromatic heterocycles. The second-order valence-corrected chi connectivity index (χ2v) is 5.12. The molecule has 1 aromatic rings. The van der Waals surface area contributed by atoms with Crippen molar-refractivity contribution in [3.8, 4) is 6.07 Å². The third kappa shape index (κ3) is 4.31. The molecular formula is C16H23N3O. The van der Waals surface area contributed by atoms with Crippen LogP contribution < -0.4 is 5.32 Å². The molecule has 108 valence electrons. The van der Waals surface area contributed by atoms with Crippen molar-refractivity contribution < 1.29 is 4.74 Å². The van der Waals surface area contributed by atoms with Gasteiger partial charge in [0.1, 0.15) is 0 Å². The number of rotatable bonds is 6. The van der Waals surface area contributed by atoms with Crippen LogP contribution in [0.4, 0.5) is 0 Å². The van der Waals surface area contributed by atoms with Gasteiger partial charge in [0.25, 0.3) is 0 Å². The number of hydrogen-bond donors (Lipinski definition) is 1. The van der Waals surface area contributed by atoms with Crippen molar-refractivity contribution in [2.75, 3.05) is 32.8 Å². The predicted octanol–water partition coefficient (Wildman–Crippen LogP) is 1.95. The van der Waals surface area contributed by atoms with Crippen LogP contribution in [0, 0.1) is 11.3 Å². The molecule has 1 fully saturated rings. The van der Waals surface area contributed by atoms with E-state index in [0.717, 1.165) is 38.3 Å². The Kier molecular flexibility index (Phi) is 6.00. The highest BCUT2D eigenvalue weighted by molar-refractivity contribution is 5.19. The summed E-state index contributed by atoms with van der Waals surface area (Å²) in [6, 6.07) is 12.5. The molecule has 1 aliphatic rings. The number of nitrogens with zero attached hydrogens (tertiary/aromatic N) is 2. The molecule has 0 radical (unpaired) electrons. The predicted molar refractivity (Wildman–Crippen MR) is 79.3 cm³/mol. The Morgan fingerprint density at radius 1 is 1.45 bits per heavy atom. The van der Waals surface area contributed by atoms with E-state index in [1.54, 1.807) is 0 Å². The minimum Gasteiger partial charge on any atom is -0.374 e. The SMILES string of the molecule is CCN1CCOC(CNC(CC#N)c2ccccc2)C1. The molecule has 1 heterocycles. The summed E-state index contributed by atoms with van der Waals surface area (Å²) in [7, 11) is 0. The van der Waals surface area contributed by atoms with E-state index < -0.39 is 0 Å². The zero-order chi connectivity index (χ0) is 14.2. The molecule has 1 aromatic carbocycles. The van der Waals surface area contributed by atoms with E-state index in [-0.39, 0.29) is 12.1 Å². The van der Waals surface area contributed by atoms with E-state index in [4.69, 9.17) is 10.00 Å². The molecule has 4 nitrogen and oxygen atoms in total. The van der Waals surface area contributed by atoms with Crippen LogP contribution in [-0.2, 0) is 4.74 Å². The minimum atomic E-state index is 0.0850. The maximum atomic E-state index is 8.99.